The summed E-state index contributed by atoms with van der Waals surface area (Å²) >= 11 is 0. The molecule has 1 atom stereocenters. The highest BCUT2D eigenvalue weighted by Crippen LogP contribution is 2.28. The largest absolute Gasteiger partial charge is 0.324 e. The molecule has 1 N–H and O–H groups in total. The van der Waals surface area contributed by atoms with Crippen LogP contribution >= 0.6 is 0 Å². The predicted octanol–water partition coefficient (Wildman–Crippen LogP) is 3.45. The summed E-state index contributed by atoms with van der Waals surface area (Å²) in [6, 6.07) is 14.2. The van der Waals surface area contributed by atoms with Crippen molar-refractivity contribution in [2.75, 3.05) is 31.5 Å². The van der Waals surface area contributed by atoms with Gasteiger partial charge in [0, 0.05) is 31.9 Å². The van der Waals surface area contributed by atoms with Crippen molar-refractivity contribution in [3.05, 3.63) is 59.7 Å². The Labute approximate surface area is 179 Å². The zero-order valence-electron chi connectivity index (χ0n) is 18.1. The van der Waals surface area contributed by atoms with Gasteiger partial charge in [0.1, 0.15) is 0 Å². The van der Waals surface area contributed by atoms with Crippen LogP contribution in [0.3, 0.4) is 0 Å². The molecule has 1 aliphatic heterocycles. The van der Waals surface area contributed by atoms with E-state index >= 15 is 0 Å². The monoisotopic (exact) mass is 429 g/mol. The van der Waals surface area contributed by atoms with Gasteiger partial charge in [-0.1, -0.05) is 50.2 Å². The van der Waals surface area contributed by atoms with E-state index in [-0.39, 0.29) is 11.9 Å². The van der Waals surface area contributed by atoms with Gasteiger partial charge in [-0.15, -0.1) is 0 Å². The summed E-state index contributed by atoms with van der Waals surface area (Å²) in [5, 5.41) is 3.11. The third-order valence-electron chi connectivity index (χ3n) is 5.76. The minimum Gasteiger partial charge on any atom is -0.324 e. The van der Waals surface area contributed by atoms with E-state index in [2.05, 4.69) is 19.2 Å². The second-order valence-corrected chi connectivity index (χ2v) is 10.1. The van der Waals surface area contributed by atoms with Crippen molar-refractivity contribution in [3.63, 3.8) is 0 Å². The summed E-state index contributed by atoms with van der Waals surface area (Å²) in [6.07, 6.45) is 0. The van der Waals surface area contributed by atoms with Crippen LogP contribution in [0.15, 0.2) is 53.4 Å². The van der Waals surface area contributed by atoms with E-state index in [9.17, 15) is 13.2 Å². The van der Waals surface area contributed by atoms with Gasteiger partial charge >= 0.3 is 0 Å². The predicted molar refractivity (Wildman–Crippen MR) is 120 cm³/mol. The average Bonchev–Trinajstić information content (AvgIpc) is 2.75. The number of para-hydroxylation sites is 1. The third-order valence-corrected chi connectivity index (χ3v) is 7.67. The Bertz CT molecular complexity index is 982. The molecular weight excluding hydrogens is 398 g/mol. The molecular formula is C23H31N3O3S. The number of carbonyl (C=O) groups is 1. The van der Waals surface area contributed by atoms with Crippen molar-refractivity contribution in [1.29, 1.82) is 0 Å². The van der Waals surface area contributed by atoms with E-state index in [0.717, 1.165) is 16.8 Å². The van der Waals surface area contributed by atoms with Gasteiger partial charge in [-0.2, -0.15) is 4.31 Å². The highest BCUT2D eigenvalue weighted by Gasteiger charge is 2.32. The number of hydrogen-bond donors (Lipinski definition) is 1. The van der Waals surface area contributed by atoms with Gasteiger partial charge in [0.15, 0.2) is 0 Å². The molecule has 6 nitrogen and oxygen atoms in total. The summed E-state index contributed by atoms with van der Waals surface area (Å²) < 4.78 is 27.1. The SMILES string of the molecule is Cc1cccc(C(C)C)c1NC(=O)[C@@H](C)N1CCN(S(=O)(=O)c2ccccc2)CC1. The molecule has 2 aromatic rings. The number of nitrogens with zero attached hydrogens (tertiary/aromatic N) is 2. The molecule has 1 saturated heterocycles. The van der Waals surface area contributed by atoms with E-state index < -0.39 is 10.0 Å². The van der Waals surface area contributed by atoms with E-state index in [4.69, 9.17) is 0 Å². The fourth-order valence-corrected chi connectivity index (χ4v) is 5.25. The third kappa shape index (κ3) is 4.74. The van der Waals surface area contributed by atoms with Gasteiger partial charge in [0.05, 0.1) is 10.9 Å². The fourth-order valence-electron chi connectivity index (χ4n) is 3.81. The molecule has 30 heavy (non-hydrogen) atoms. The van der Waals surface area contributed by atoms with Crippen LogP contribution in [0.4, 0.5) is 5.69 Å². The molecule has 0 bridgehead atoms. The molecule has 1 amide bonds. The number of rotatable bonds is 6. The average molecular weight is 430 g/mol. The van der Waals surface area contributed by atoms with Crippen LogP contribution in [-0.4, -0.2) is 55.8 Å². The van der Waals surface area contributed by atoms with Crippen molar-refractivity contribution in [3.8, 4) is 0 Å². The normalized spacial score (nSPS) is 17.1. The van der Waals surface area contributed by atoms with E-state index in [1.165, 1.54) is 4.31 Å². The molecule has 0 saturated carbocycles. The first kappa shape index (κ1) is 22.5. The van der Waals surface area contributed by atoms with E-state index in [0.29, 0.717) is 37.0 Å². The minimum atomic E-state index is -3.49. The zero-order valence-corrected chi connectivity index (χ0v) is 18.9. The molecule has 1 aliphatic rings. The van der Waals surface area contributed by atoms with Gasteiger partial charge in [-0.05, 0) is 43.0 Å². The number of carbonyl (C=O) groups excluding carboxylic acids is 1. The lowest BCUT2D eigenvalue weighted by molar-refractivity contribution is -0.121. The van der Waals surface area contributed by atoms with E-state index in [1.807, 2.05) is 36.9 Å². The molecule has 3 rings (SSSR count). The first-order valence-electron chi connectivity index (χ1n) is 10.4. The Kier molecular flexibility index (Phi) is 6.95. The number of sulfonamides is 1. The maximum atomic E-state index is 13.0. The lowest BCUT2D eigenvalue weighted by Crippen LogP contribution is -2.54. The fraction of sp³-hybridized carbons (Fsp3) is 0.435. The Balaban J connectivity index is 1.65. The highest BCUT2D eigenvalue weighted by atomic mass is 32.2. The van der Waals surface area contributed by atoms with Crippen LogP contribution in [0, 0.1) is 6.92 Å². The number of nitrogens with one attached hydrogen (secondary N) is 1. The Morgan fingerprint density at radius 2 is 1.57 bits per heavy atom. The number of benzene rings is 2. The standard InChI is InChI=1S/C23H31N3O3S/c1-17(2)21-12-8-9-18(3)22(21)24-23(27)19(4)25-13-15-26(16-14-25)30(28,29)20-10-6-5-7-11-20/h5-12,17,19H,13-16H2,1-4H3,(H,24,27)/t19-/m1/s1. The van der Waals surface area contributed by atoms with Crippen LogP contribution in [0.5, 0.6) is 0 Å². The van der Waals surface area contributed by atoms with Gasteiger partial charge in [0.25, 0.3) is 0 Å². The van der Waals surface area contributed by atoms with Crippen LogP contribution in [0.2, 0.25) is 0 Å². The molecule has 1 fully saturated rings. The van der Waals surface area contributed by atoms with Crippen LogP contribution in [0.25, 0.3) is 0 Å². The minimum absolute atomic E-state index is 0.0643. The quantitative estimate of drug-likeness (QED) is 0.764. The van der Waals surface area contributed by atoms with Crippen molar-refractivity contribution < 1.29 is 13.2 Å². The number of hydrogen-bond acceptors (Lipinski definition) is 4. The summed E-state index contributed by atoms with van der Waals surface area (Å²) in [5.74, 6) is 0.243. The van der Waals surface area contributed by atoms with Gasteiger partial charge in [-0.25, -0.2) is 8.42 Å². The van der Waals surface area contributed by atoms with Crippen molar-refractivity contribution >= 4 is 21.6 Å². The lowest BCUT2D eigenvalue weighted by atomic mass is 9.98. The zero-order chi connectivity index (χ0) is 21.9. The number of piperazine rings is 1. The maximum absolute atomic E-state index is 13.0. The summed E-state index contributed by atoms with van der Waals surface area (Å²) in [5.41, 5.74) is 3.05. The topological polar surface area (TPSA) is 69.7 Å². The second kappa shape index (κ2) is 9.29. The Hall–Kier alpha value is -2.22. The second-order valence-electron chi connectivity index (χ2n) is 8.11. The van der Waals surface area contributed by atoms with Crippen LogP contribution < -0.4 is 5.32 Å². The van der Waals surface area contributed by atoms with Crippen LogP contribution in [-0.2, 0) is 14.8 Å². The first-order valence-corrected chi connectivity index (χ1v) is 11.9. The van der Waals surface area contributed by atoms with E-state index in [1.54, 1.807) is 30.3 Å². The summed E-state index contributed by atoms with van der Waals surface area (Å²) in [4.78, 5) is 15.3. The van der Waals surface area contributed by atoms with Crippen molar-refractivity contribution in [2.24, 2.45) is 0 Å². The first-order chi connectivity index (χ1) is 14.2. The molecule has 162 valence electrons. The molecule has 7 heteroatoms. The molecule has 2 aromatic carbocycles. The molecule has 0 spiro atoms. The number of aryl methyl sites for hydroxylation is 1. The van der Waals surface area contributed by atoms with Crippen molar-refractivity contribution in [2.45, 2.75) is 44.6 Å². The maximum Gasteiger partial charge on any atom is 0.243 e. The van der Waals surface area contributed by atoms with Crippen molar-refractivity contribution in [1.82, 2.24) is 9.21 Å². The lowest BCUT2D eigenvalue weighted by Gasteiger charge is -2.36. The molecule has 0 aliphatic carbocycles. The molecule has 1 heterocycles. The van der Waals surface area contributed by atoms with Gasteiger partial charge < -0.3 is 5.32 Å². The number of anilines is 1. The highest BCUT2D eigenvalue weighted by molar-refractivity contribution is 7.89. The van der Waals surface area contributed by atoms with Gasteiger partial charge in [-0.3, -0.25) is 9.69 Å². The molecule has 0 radical (unpaired) electrons. The summed E-state index contributed by atoms with van der Waals surface area (Å²) in [7, 11) is -3.49. The van der Waals surface area contributed by atoms with Gasteiger partial charge in [0.2, 0.25) is 15.9 Å². The molecule has 0 unspecified atom stereocenters. The smallest absolute Gasteiger partial charge is 0.243 e. The summed E-state index contributed by atoms with van der Waals surface area (Å²) in [6.45, 7) is 9.88. The van der Waals surface area contributed by atoms with Crippen LogP contribution in [0.1, 0.15) is 37.8 Å². The number of amides is 1. The Morgan fingerprint density at radius 1 is 0.933 bits per heavy atom. The molecule has 0 aromatic heterocycles. The Morgan fingerprint density at radius 3 is 2.17 bits per heavy atom.